The van der Waals surface area contributed by atoms with Crippen molar-refractivity contribution in [1.29, 1.82) is 0 Å². The molecule has 0 amide bonds. The summed E-state index contributed by atoms with van der Waals surface area (Å²) in [4.78, 5) is 4.74. The van der Waals surface area contributed by atoms with Crippen molar-refractivity contribution in [2.75, 3.05) is 36.5 Å². The van der Waals surface area contributed by atoms with Gasteiger partial charge in [0.15, 0.2) is 5.82 Å². The molecular weight excluding hydrogens is 272 g/mol. The number of aryl methyl sites for hydroxylation is 1. The van der Waals surface area contributed by atoms with Crippen molar-refractivity contribution < 1.29 is 0 Å². The van der Waals surface area contributed by atoms with Gasteiger partial charge in [0.25, 0.3) is 0 Å². The minimum Gasteiger partial charge on any atom is -0.371 e. The maximum atomic E-state index is 4.32. The summed E-state index contributed by atoms with van der Waals surface area (Å²) in [6, 6.07) is 10.7. The number of nitrogens with zero attached hydrogens (tertiary/aromatic N) is 4. The first-order chi connectivity index (χ1) is 10.6. The summed E-state index contributed by atoms with van der Waals surface area (Å²) in [5.41, 5.74) is 3.77. The van der Waals surface area contributed by atoms with E-state index < -0.39 is 0 Å². The molecule has 116 valence electrons. The Labute approximate surface area is 132 Å². The molecule has 22 heavy (non-hydrogen) atoms. The van der Waals surface area contributed by atoms with Crippen molar-refractivity contribution in [3.8, 4) is 0 Å². The molecule has 0 spiro atoms. The third-order valence-corrected chi connectivity index (χ3v) is 4.63. The highest BCUT2D eigenvalue weighted by Gasteiger charge is 2.24. The minimum absolute atomic E-state index is 0.673. The lowest BCUT2D eigenvalue weighted by Gasteiger charge is -2.24. The minimum atomic E-state index is 0.673. The molecule has 0 saturated carbocycles. The van der Waals surface area contributed by atoms with E-state index in [1.165, 1.54) is 23.2 Å². The zero-order chi connectivity index (χ0) is 15.5. The van der Waals surface area contributed by atoms with Gasteiger partial charge >= 0.3 is 0 Å². The maximum absolute atomic E-state index is 4.32. The van der Waals surface area contributed by atoms with Gasteiger partial charge in [-0.1, -0.05) is 18.2 Å². The fourth-order valence-electron chi connectivity index (χ4n) is 3.21. The molecule has 0 bridgehead atoms. The van der Waals surface area contributed by atoms with Crippen LogP contribution in [-0.2, 0) is 0 Å². The van der Waals surface area contributed by atoms with Crippen LogP contribution >= 0.6 is 0 Å². The molecule has 1 fully saturated rings. The summed E-state index contributed by atoms with van der Waals surface area (Å²) in [5.74, 6) is 1.69. The third-order valence-electron chi connectivity index (χ3n) is 4.63. The van der Waals surface area contributed by atoms with E-state index in [-0.39, 0.29) is 0 Å². The number of anilines is 2. The van der Waals surface area contributed by atoms with Gasteiger partial charge in [0.05, 0.1) is 6.20 Å². The second kappa shape index (κ2) is 6.34. The number of para-hydroxylation sites is 1. The second-order valence-corrected chi connectivity index (χ2v) is 6.29. The Kier molecular flexibility index (Phi) is 4.27. The van der Waals surface area contributed by atoms with Crippen molar-refractivity contribution in [3.05, 3.63) is 47.7 Å². The molecule has 1 aliphatic heterocycles. The van der Waals surface area contributed by atoms with Crippen LogP contribution in [0, 0.1) is 19.8 Å². The van der Waals surface area contributed by atoms with E-state index in [9.17, 15) is 0 Å². The zero-order valence-electron chi connectivity index (χ0n) is 13.7. The molecule has 1 aliphatic rings. The molecule has 0 aliphatic carbocycles. The van der Waals surface area contributed by atoms with E-state index in [1.54, 1.807) is 0 Å². The highest BCUT2D eigenvalue weighted by molar-refractivity contribution is 5.49. The lowest BCUT2D eigenvalue weighted by Crippen LogP contribution is -2.29. The van der Waals surface area contributed by atoms with Crippen LogP contribution in [0.25, 0.3) is 0 Å². The summed E-state index contributed by atoms with van der Waals surface area (Å²) >= 11 is 0. The Morgan fingerprint density at radius 2 is 2.00 bits per heavy atom. The van der Waals surface area contributed by atoms with Crippen LogP contribution in [-0.4, -0.2) is 36.9 Å². The monoisotopic (exact) mass is 296 g/mol. The van der Waals surface area contributed by atoms with E-state index in [0.717, 1.165) is 25.5 Å². The summed E-state index contributed by atoms with van der Waals surface area (Å²) in [6.07, 6.45) is 3.07. The molecule has 0 radical (unpaired) electrons. The summed E-state index contributed by atoms with van der Waals surface area (Å²) in [6.45, 7) is 7.50. The Bertz CT molecular complexity index is 626. The summed E-state index contributed by atoms with van der Waals surface area (Å²) in [7, 11) is 2.13. The highest BCUT2D eigenvalue weighted by Crippen LogP contribution is 2.25. The van der Waals surface area contributed by atoms with Gasteiger partial charge in [-0.05, 0) is 49.4 Å². The van der Waals surface area contributed by atoms with Crippen LogP contribution in [0.15, 0.2) is 36.5 Å². The third kappa shape index (κ3) is 3.06. The smallest absolute Gasteiger partial charge is 0.154 e. The van der Waals surface area contributed by atoms with E-state index in [1.807, 2.05) is 6.20 Å². The van der Waals surface area contributed by atoms with Crippen molar-refractivity contribution in [1.82, 2.24) is 10.2 Å². The number of hydrogen-bond acceptors (Lipinski definition) is 4. The van der Waals surface area contributed by atoms with Crippen LogP contribution in [0.1, 0.15) is 17.5 Å². The SMILES string of the molecule is Cc1cnnc(N(C)CC2CCN(c3ccccc3)C2)c1C. The molecule has 1 aromatic heterocycles. The molecule has 2 heterocycles. The average Bonchev–Trinajstić information content (AvgIpc) is 2.99. The Balaban J connectivity index is 1.64. The van der Waals surface area contributed by atoms with E-state index in [0.29, 0.717) is 5.92 Å². The highest BCUT2D eigenvalue weighted by atomic mass is 15.3. The summed E-state index contributed by atoms with van der Waals surface area (Å²) in [5, 5.41) is 8.42. The fourth-order valence-corrected chi connectivity index (χ4v) is 3.21. The fraction of sp³-hybridized carbons (Fsp3) is 0.444. The number of benzene rings is 1. The van der Waals surface area contributed by atoms with Crippen LogP contribution in [0.4, 0.5) is 11.5 Å². The van der Waals surface area contributed by atoms with Gasteiger partial charge in [-0.3, -0.25) is 0 Å². The lowest BCUT2D eigenvalue weighted by molar-refractivity contribution is 0.579. The van der Waals surface area contributed by atoms with Gasteiger partial charge in [0, 0.05) is 32.4 Å². The van der Waals surface area contributed by atoms with Crippen LogP contribution in [0.3, 0.4) is 0 Å². The molecule has 1 aromatic carbocycles. The number of rotatable bonds is 4. The molecule has 4 heteroatoms. The molecule has 1 saturated heterocycles. The van der Waals surface area contributed by atoms with Gasteiger partial charge in [-0.25, -0.2) is 0 Å². The number of hydrogen-bond donors (Lipinski definition) is 0. The molecule has 2 aromatic rings. The Morgan fingerprint density at radius 1 is 1.23 bits per heavy atom. The molecule has 1 unspecified atom stereocenters. The topological polar surface area (TPSA) is 32.3 Å². The van der Waals surface area contributed by atoms with Gasteiger partial charge in [0.2, 0.25) is 0 Å². The van der Waals surface area contributed by atoms with Gasteiger partial charge in [0.1, 0.15) is 0 Å². The molecular formula is C18H24N4. The van der Waals surface area contributed by atoms with Crippen LogP contribution in [0.2, 0.25) is 0 Å². The molecule has 3 rings (SSSR count). The average molecular weight is 296 g/mol. The van der Waals surface area contributed by atoms with Crippen molar-refractivity contribution in [2.45, 2.75) is 20.3 Å². The van der Waals surface area contributed by atoms with E-state index in [4.69, 9.17) is 0 Å². The van der Waals surface area contributed by atoms with Crippen molar-refractivity contribution in [3.63, 3.8) is 0 Å². The largest absolute Gasteiger partial charge is 0.371 e. The lowest BCUT2D eigenvalue weighted by atomic mass is 10.1. The van der Waals surface area contributed by atoms with Gasteiger partial charge < -0.3 is 9.80 Å². The zero-order valence-corrected chi connectivity index (χ0v) is 13.7. The van der Waals surface area contributed by atoms with Crippen LogP contribution < -0.4 is 9.80 Å². The quantitative estimate of drug-likeness (QED) is 0.868. The Morgan fingerprint density at radius 3 is 2.77 bits per heavy atom. The van der Waals surface area contributed by atoms with Gasteiger partial charge in [-0.15, -0.1) is 5.10 Å². The number of aromatic nitrogens is 2. The Hall–Kier alpha value is -2.10. The molecule has 4 nitrogen and oxygen atoms in total. The predicted octanol–water partition coefficient (Wildman–Crippen LogP) is 3.06. The molecule has 0 N–H and O–H groups in total. The second-order valence-electron chi connectivity index (χ2n) is 6.29. The van der Waals surface area contributed by atoms with E-state index in [2.05, 4.69) is 71.2 Å². The summed E-state index contributed by atoms with van der Waals surface area (Å²) < 4.78 is 0. The van der Waals surface area contributed by atoms with Crippen LogP contribution in [0.5, 0.6) is 0 Å². The molecule has 1 atom stereocenters. The van der Waals surface area contributed by atoms with Crippen molar-refractivity contribution in [2.24, 2.45) is 5.92 Å². The first-order valence-electron chi connectivity index (χ1n) is 7.95. The predicted molar refractivity (Wildman–Crippen MR) is 91.5 cm³/mol. The van der Waals surface area contributed by atoms with Gasteiger partial charge in [-0.2, -0.15) is 5.10 Å². The first kappa shape index (κ1) is 14.8. The maximum Gasteiger partial charge on any atom is 0.154 e. The standard InChI is InChI=1S/C18H24N4/c1-14-11-19-20-18(15(14)2)21(3)12-16-9-10-22(13-16)17-7-5-4-6-8-17/h4-8,11,16H,9-10,12-13H2,1-3H3. The van der Waals surface area contributed by atoms with Crippen molar-refractivity contribution >= 4 is 11.5 Å². The normalized spacial score (nSPS) is 17.8. The van der Waals surface area contributed by atoms with E-state index >= 15 is 0 Å². The first-order valence-corrected chi connectivity index (χ1v) is 7.95.